The summed E-state index contributed by atoms with van der Waals surface area (Å²) in [7, 11) is 0. The molecule has 0 fully saturated rings. The summed E-state index contributed by atoms with van der Waals surface area (Å²) in [6.07, 6.45) is -2.94. The molecule has 0 unspecified atom stereocenters. The van der Waals surface area contributed by atoms with E-state index in [4.69, 9.17) is 23.2 Å². The topological polar surface area (TPSA) is 30.7 Å². The van der Waals surface area contributed by atoms with Crippen molar-refractivity contribution in [3.8, 4) is 16.9 Å². The van der Waals surface area contributed by atoms with Crippen molar-refractivity contribution in [2.24, 2.45) is 0 Å². The van der Waals surface area contributed by atoms with Gasteiger partial charge in [0.25, 0.3) is 0 Å². The van der Waals surface area contributed by atoms with Crippen molar-refractivity contribution in [3.63, 3.8) is 0 Å². The van der Waals surface area contributed by atoms with Crippen LogP contribution in [0.3, 0.4) is 0 Å². The second-order valence-electron chi connectivity index (χ2n) is 4.67. The maximum atomic E-state index is 12.6. The van der Waals surface area contributed by atoms with Crippen molar-refractivity contribution in [2.45, 2.75) is 6.18 Å². The van der Waals surface area contributed by atoms with Crippen LogP contribution in [0.1, 0.15) is 5.56 Å². The SMILES string of the molecule is FC(F)(F)c1ccc(-n2nncc2-c2c(Cl)cccc2Cl)cc1. The van der Waals surface area contributed by atoms with Crippen molar-refractivity contribution < 1.29 is 13.2 Å². The summed E-state index contributed by atoms with van der Waals surface area (Å²) in [5, 5.41) is 8.50. The lowest BCUT2D eigenvalue weighted by Crippen LogP contribution is -2.06. The Bertz CT molecular complexity index is 822. The third-order valence-corrected chi connectivity index (χ3v) is 3.84. The van der Waals surface area contributed by atoms with Gasteiger partial charge < -0.3 is 0 Å². The molecule has 0 aliphatic rings. The maximum absolute atomic E-state index is 12.6. The fourth-order valence-electron chi connectivity index (χ4n) is 2.13. The second-order valence-corrected chi connectivity index (χ2v) is 5.49. The zero-order valence-corrected chi connectivity index (χ0v) is 12.9. The molecule has 0 atom stereocenters. The third kappa shape index (κ3) is 3.04. The van der Waals surface area contributed by atoms with Crippen molar-refractivity contribution in [3.05, 3.63) is 64.3 Å². The highest BCUT2D eigenvalue weighted by Gasteiger charge is 2.30. The Morgan fingerprint density at radius 2 is 1.52 bits per heavy atom. The number of rotatable bonds is 2. The van der Waals surface area contributed by atoms with Crippen molar-refractivity contribution in [1.82, 2.24) is 15.0 Å². The molecule has 1 heterocycles. The molecule has 0 bridgehead atoms. The van der Waals surface area contributed by atoms with Crippen LogP contribution in [0.15, 0.2) is 48.7 Å². The van der Waals surface area contributed by atoms with Gasteiger partial charge in [0.05, 0.1) is 33.2 Å². The first-order valence-electron chi connectivity index (χ1n) is 6.40. The summed E-state index contributed by atoms with van der Waals surface area (Å²) >= 11 is 12.3. The lowest BCUT2D eigenvalue weighted by atomic mass is 10.1. The largest absolute Gasteiger partial charge is 0.416 e. The molecule has 0 radical (unpaired) electrons. The molecule has 0 aliphatic carbocycles. The van der Waals surface area contributed by atoms with E-state index in [1.165, 1.54) is 23.0 Å². The Balaban J connectivity index is 2.09. The van der Waals surface area contributed by atoms with Crippen LogP contribution >= 0.6 is 23.2 Å². The highest BCUT2D eigenvalue weighted by molar-refractivity contribution is 6.39. The second kappa shape index (κ2) is 5.86. The van der Waals surface area contributed by atoms with E-state index in [1.54, 1.807) is 18.2 Å². The first kappa shape index (κ1) is 15.8. The zero-order chi connectivity index (χ0) is 16.6. The molecule has 3 rings (SSSR count). The van der Waals surface area contributed by atoms with Crippen LogP contribution in [-0.2, 0) is 6.18 Å². The van der Waals surface area contributed by atoms with Crippen LogP contribution in [-0.4, -0.2) is 15.0 Å². The fraction of sp³-hybridized carbons (Fsp3) is 0.0667. The first-order valence-corrected chi connectivity index (χ1v) is 7.16. The highest BCUT2D eigenvalue weighted by Crippen LogP contribution is 2.35. The van der Waals surface area contributed by atoms with E-state index in [1.807, 2.05) is 0 Å². The molecule has 3 aromatic rings. The molecule has 0 aliphatic heterocycles. The van der Waals surface area contributed by atoms with E-state index in [2.05, 4.69) is 10.3 Å². The lowest BCUT2D eigenvalue weighted by Gasteiger charge is -2.11. The molecule has 3 nitrogen and oxygen atoms in total. The molecule has 2 aromatic carbocycles. The molecule has 8 heteroatoms. The molecular weight excluding hydrogens is 350 g/mol. The number of aromatic nitrogens is 3. The van der Waals surface area contributed by atoms with Gasteiger partial charge in [-0.05, 0) is 36.4 Å². The normalized spacial score (nSPS) is 11.7. The van der Waals surface area contributed by atoms with Gasteiger partial charge in [-0.25, -0.2) is 4.68 Å². The summed E-state index contributed by atoms with van der Waals surface area (Å²) in [5.41, 5.74) is 0.682. The quantitative estimate of drug-likeness (QED) is 0.626. The summed E-state index contributed by atoms with van der Waals surface area (Å²) in [6.45, 7) is 0. The Morgan fingerprint density at radius 3 is 2.09 bits per heavy atom. The van der Waals surface area contributed by atoms with Crippen LogP contribution in [0.4, 0.5) is 13.2 Å². The molecule has 0 saturated heterocycles. The predicted molar refractivity (Wildman–Crippen MR) is 81.8 cm³/mol. The maximum Gasteiger partial charge on any atom is 0.416 e. The Morgan fingerprint density at radius 1 is 0.913 bits per heavy atom. The van der Waals surface area contributed by atoms with Gasteiger partial charge in [0.15, 0.2) is 0 Å². The molecule has 0 spiro atoms. The summed E-state index contributed by atoms with van der Waals surface area (Å²) in [5.74, 6) is 0. The minimum absolute atomic E-state index is 0.396. The minimum atomic E-state index is -4.39. The minimum Gasteiger partial charge on any atom is -0.213 e. The van der Waals surface area contributed by atoms with Crippen molar-refractivity contribution >= 4 is 23.2 Å². The van der Waals surface area contributed by atoms with E-state index < -0.39 is 11.7 Å². The number of nitrogens with zero attached hydrogens (tertiary/aromatic N) is 3. The van der Waals surface area contributed by atoms with E-state index in [0.29, 0.717) is 27.0 Å². The van der Waals surface area contributed by atoms with E-state index in [9.17, 15) is 13.2 Å². The third-order valence-electron chi connectivity index (χ3n) is 3.21. The Hall–Kier alpha value is -2.05. The first-order chi connectivity index (χ1) is 10.9. The fourth-order valence-corrected chi connectivity index (χ4v) is 2.72. The molecule has 0 amide bonds. The van der Waals surface area contributed by atoms with Gasteiger partial charge in [0.2, 0.25) is 0 Å². The molecule has 118 valence electrons. The molecule has 23 heavy (non-hydrogen) atoms. The van der Waals surface area contributed by atoms with Crippen LogP contribution in [0, 0.1) is 0 Å². The highest BCUT2D eigenvalue weighted by atomic mass is 35.5. The van der Waals surface area contributed by atoms with Crippen LogP contribution < -0.4 is 0 Å². The van der Waals surface area contributed by atoms with Crippen LogP contribution in [0.5, 0.6) is 0 Å². The zero-order valence-electron chi connectivity index (χ0n) is 11.4. The van der Waals surface area contributed by atoms with Gasteiger partial charge in [-0.2, -0.15) is 13.2 Å². The van der Waals surface area contributed by atoms with Crippen LogP contribution in [0.2, 0.25) is 10.0 Å². The van der Waals surface area contributed by atoms with Gasteiger partial charge in [-0.3, -0.25) is 0 Å². The standard InChI is InChI=1S/C15H8Cl2F3N3/c16-11-2-1-3-12(17)14(11)13-8-21-22-23(13)10-6-4-9(5-7-10)15(18,19)20/h1-8H. The van der Waals surface area contributed by atoms with Crippen molar-refractivity contribution in [1.29, 1.82) is 0 Å². The number of benzene rings is 2. The monoisotopic (exact) mass is 357 g/mol. The van der Waals surface area contributed by atoms with Gasteiger partial charge >= 0.3 is 6.18 Å². The number of hydrogen-bond donors (Lipinski definition) is 0. The van der Waals surface area contributed by atoms with Gasteiger partial charge in [-0.15, -0.1) is 5.10 Å². The molecule has 0 saturated carbocycles. The van der Waals surface area contributed by atoms with E-state index in [-0.39, 0.29) is 0 Å². The number of hydrogen-bond acceptors (Lipinski definition) is 2. The Labute approximate surface area is 139 Å². The lowest BCUT2D eigenvalue weighted by molar-refractivity contribution is -0.137. The number of halogens is 5. The van der Waals surface area contributed by atoms with E-state index >= 15 is 0 Å². The molecule has 1 aromatic heterocycles. The van der Waals surface area contributed by atoms with Gasteiger partial charge in [0, 0.05) is 5.56 Å². The average molecular weight is 358 g/mol. The molecule has 0 N–H and O–H groups in total. The predicted octanol–water partition coefficient (Wildman–Crippen LogP) is 5.26. The van der Waals surface area contributed by atoms with Gasteiger partial charge in [-0.1, -0.05) is 34.5 Å². The van der Waals surface area contributed by atoms with Crippen LogP contribution in [0.25, 0.3) is 16.9 Å². The Kier molecular flexibility index (Phi) is 4.04. The summed E-state index contributed by atoms with van der Waals surface area (Å²) in [4.78, 5) is 0. The average Bonchev–Trinajstić information content (AvgIpc) is 2.95. The smallest absolute Gasteiger partial charge is 0.213 e. The summed E-state index contributed by atoms with van der Waals surface area (Å²) in [6, 6.07) is 9.60. The van der Waals surface area contributed by atoms with E-state index in [0.717, 1.165) is 12.1 Å². The summed E-state index contributed by atoms with van der Waals surface area (Å²) < 4.78 is 39.3. The molecular formula is C15H8Cl2F3N3. The van der Waals surface area contributed by atoms with Crippen molar-refractivity contribution in [2.75, 3.05) is 0 Å². The van der Waals surface area contributed by atoms with Gasteiger partial charge in [0.1, 0.15) is 0 Å². The number of alkyl halides is 3.